The van der Waals surface area contributed by atoms with Crippen LogP contribution >= 0.6 is 0 Å². The molecular weight excluding hydrogens is 358 g/mol. The van der Waals surface area contributed by atoms with Crippen LogP contribution in [0, 0.1) is 0 Å². The van der Waals surface area contributed by atoms with Gasteiger partial charge in [0.15, 0.2) is 0 Å². The zero-order chi connectivity index (χ0) is 20.7. The minimum Gasteiger partial charge on any atom is -0.427 e. The molecule has 1 heterocycles. The van der Waals surface area contributed by atoms with Gasteiger partial charge in [0, 0.05) is 18.2 Å². The van der Waals surface area contributed by atoms with Crippen molar-refractivity contribution in [2.75, 3.05) is 0 Å². The molecule has 0 spiro atoms. The third kappa shape index (κ3) is 9.25. The van der Waals surface area contributed by atoms with E-state index in [2.05, 4.69) is 31.0 Å². The third-order valence-electron chi connectivity index (χ3n) is 5.26. The fourth-order valence-corrected chi connectivity index (χ4v) is 3.42. The highest BCUT2D eigenvalue weighted by molar-refractivity contribution is 5.72. The zero-order valence-electron chi connectivity index (χ0n) is 18.3. The Morgan fingerprint density at radius 3 is 2.07 bits per heavy atom. The molecule has 0 fully saturated rings. The topological polar surface area (TPSA) is 39.2 Å². The van der Waals surface area contributed by atoms with Crippen LogP contribution in [0.3, 0.4) is 0 Å². The van der Waals surface area contributed by atoms with Crippen molar-refractivity contribution >= 4 is 5.97 Å². The van der Waals surface area contributed by atoms with Gasteiger partial charge in [0.2, 0.25) is 0 Å². The summed E-state index contributed by atoms with van der Waals surface area (Å²) in [5.41, 5.74) is 3.29. The molecular formula is C26H37NO2. The molecule has 0 unspecified atom stereocenters. The Kier molecular flexibility index (Phi) is 11.1. The third-order valence-corrected chi connectivity index (χ3v) is 5.26. The predicted octanol–water partition coefficient (Wildman–Crippen LogP) is 7.53. The SMILES string of the molecule is CCCCCCCC(=O)Oc1ccc(-c2ccc(CCCCCCC)cn2)cc1. The van der Waals surface area contributed by atoms with Crippen molar-refractivity contribution in [3.8, 4) is 17.0 Å². The van der Waals surface area contributed by atoms with E-state index in [1.807, 2.05) is 30.5 Å². The van der Waals surface area contributed by atoms with Crippen molar-refractivity contribution in [2.45, 2.75) is 90.9 Å². The molecule has 1 aromatic heterocycles. The van der Waals surface area contributed by atoms with Gasteiger partial charge in [-0.3, -0.25) is 9.78 Å². The van der Waals surface area contributed by atoms with Crippen molar-refractivity contribution in [1.29, 1.82) is 0 Å². The quantitative estimate of drug-likeness (QED) is 0.188. The minimum absolute atomic E-state index is 0.143. The molecule has 0 aliphatic heterocycles. The van der Waals surface area contributed by atoms with Crippen LogP contribution in [0.15, 0.2) is 42.6 Å². The smallest absolute Gasteiger partial charge is 0.311 e. The lowest BCUT2D eigenvalue weighted by atomic mass is 10.1. The molecule has 158 valence electrons. The molecule has 0 aliphatic rings. The van der Waals surface area contributed by atoms with E-state index in [9.17, 15) is 4.79 Å². The first-order valence-corrected chi connectivity index (χ1v) is 11.5. The Labute approximate surface area is 176 Å². The summed E-state index contributed by atoms with van der Waals surface area (Å²) in [6.07, 6.45) is 15.7. The van der Waals surface area contributed by atoms with Crippen LogP contribution in [0.25, 0.3) is 11.3 Å². The molecule has 2 aromatic rings. The highest BCUT2D eigenvalue weighted by atomic mass is 16.5. The molecule has 0 atom stereocenters. The molecule has 29 heavy (non-hydrogen) atoms. The zero-order valence-corrected chi connectivity index (χ0v) is 18.3. The number of carbonyl (C=O) groups is 1. The Bertz CT molecular complexity index is 692. The largest absolute Gasteiger partial charge is 0.427 e. The first-order valence-electron chi connectivity index (χ1n) is 11.5. The molecule has 2 rings (SSSR count). The van der Waals surface area contributed by atoms with Gasteiger partial charge in [0.05, 0.1) is 5.69 Å². The van der Waals surface area contributed by atoms with Gasteiger partial charge in [-0.05, 0) is 55.2 Å². The normalized spacial score (nSPS) is 10.8. The Balaban J connectivity index is 1.76. The fourth-order valence-electron chi connectivity index (χ4n) is 3.42. The van der Waals surface area contributed by atoms with Gasteiger partial charge in [-0.2, -0.15) is 0 Å². The summed E-state index contributed by atoms with van der Waals surface area (Å²) in [5.74, 6) is 0.465. The van der Waals surface area contributed by atoms with Gasteiger partial charge in [-0.1, -0.05) is 71.3 Å². The van der Waals surface area contributed by atoms with E-state index in [1.165, 1.54) is 56.9 Å². The number of esters is 1. The highest BCUT2D eigenvalue weighted by Crippen LogP contribution is 2.22. The monoisotopic (exact) mass is 395 g/mol. The summed E-state index contributed by atoms with van der Waals surface area (Å²) in [4.78, 5) is 16.6. The molecule has 0 bridgehead atoms. The Morgan fingerprint density at radius 1 is 0.793 bits per heavy atom. The van der Waals surface area contributed by atoms with Crippen molar-refractivity contribution in [3.63, 3.8) is 0 Å². The highest BCUT2D eigenvalue weighted by Gasteiger charge is 2.06. The summed E-state index contributed by atoms with van der Waals surface area (Å²) in [5, 5.41) is 0. The van der Waals surface area contributed by atoms with E-state index < -0.39 is 0 Å². The molecule has 0 N–H and O–H groups in total. The minimum atomic E-state index is -0.143. The van der Waals surface area contributed by atoms with Gasteiger partial charge >= 0.3 is 5.97 Å². The average molecular weight is 396 g/mol. The number of benzene rings is 1. The maximum Gasteiger partial charge on any atom is 0.311 e. The lowest BCUT2D eigenvalue weighted by molar-refractivity contribution is -0.134. The number of rotatable bonds is 14. The molecule has 3 heteroatoms. The molecule has 3 nitrogen and oxygen atoms in total. The number of nitrogens with zero attached hydrogens (tertiary/aromatic N) is 1. The molecule has 0 amide bonds. The Hall–Kier alpha value is -2.16. The van der Waals surface area contributed by atoms with Crippen LogP contribution in [-0.4, -0.2) is 11.0 Å². The second-order valence-corrected chi connectivity index (χ2v) is 7.88. The summed E-state index contributed by atoms with van der Waals surface area (Å²) in [6, 6.07) is 11.9. The lowest BCUT2D eigenvalue weighted by Crippen LogP contribution is -2.07. The van der Waals surface area contributed by atoms with E-state index in [-0.39, 0.29) is 5.97 Å². The van der Waals surface area contributed by atoms with Gasteiger partial charge in [-0.25, -0.2) is 0 Å². The van der Waals surface area contributed by atoms with Crippen LogP contribution in [0.5, 0.6) is 5.75 Å². The fraction of sp³-hybridized carbons (Fsp3) is 0.538. The van der Waals surface area contributed by atoms with E-state index in [0.29, 0.717) is 12.2 Å². The van der Waals surface area contributed by atoms with Crippen molar-refractivity contribution in [1.82, 2.24) is 4.98 Å². The van der Waals surface area contributed by atoms with Crippen molar-refractivity contribution in [3.05, 3.63) is 48.2 Å². The molecule has 0 aliphatic carbocycles. The van der Waals surface area contributed by atoms with Gasteiger partial charge < -0.3 is 4.74 Å². The summed E-state index contributed by atoms with van der Waals surface area (Å²) >= 11 is 0. The van der Waals surface area contributed by atoms with E-state index in [0.717, 1.165) is 30.5 Å². The van der Waals surface area contributed by atoms with Crippen LogP contribution in [-0.2, 0) is 11.2 Å². The van der Waals surface area contributed by atoms with E-state index in [4.69, 9.17) is 4.74 Å². The van der Waals surface area contributed by atoms with Gasteiger partial charge in [0.1, 0.15) is 5.75 Å². The van der Waals surface area contributed by atoms with Gasteiger partial charge in [-0.15, -0.1) is 0 Å². The number of hydrogen-bond donors (Lipinski definition) is 0. The number of carbonyl (C=O) groups excluding carboxylic acids is 1. The number of unbranched alkanes of at least 4 members (excludes halogenated alkanes) is 8. The number of hydrogen-bond acceptors (Lipinski definition) is 3. The maximum atomic E-state index is 11.9. The van der Waals surface area contributed by atoms with Crippen molar-refractivity contribution in [2.24, 2.45) is 0 Å². The average Bonchev–Trinajstić information content (AvgIpc) is 2.74. The second kappa shape index (κ2) is 13.9. The number of aromatic nitrogens is 1. The van der Waals surface area contributed by atoms with E-state index >= 15 is 0 Å². The summed E-state index contributed by atoms with van der Waals surface area (Å²) < 4.78 is 5.44. The summed E-state index contributed by atoms with van der Waals surface area (Å²) in [7, 11) is 0. The summed E-state index contributed by atoms with van der Waals surface area (Å²) in [6.45, 7) is 4.44. The number of ether oxygens (including phenoxy) is 1. The van der Waals surface area contributed by atoms with Crippen LogP contribution in [0.1, 0.15) is 90.0 Å². The molecule has 0 radical (unpaired) electrons. The van der Waals surface area contributed by atoms with E-state index in [1.54, 1.807) is 0 Å². The van der Waals surface area contributed by atoms with Crippen molar-refractivity contribution < 1.29 is 9.53 Å². The number of aryl methyl sites for hydroxylation is 1. The second-order valence-electron chi connectivity index (χ2n) is 7.88. The number of pyridine rings is 1. The molecule has 0 saturated carbocycles. The molecule has 1 aromatic carbocycles. The first kappa shape index (κ1) is 23.1. The van der Waals surface area contributed by atoms with Gasteiger partial charge in [0.25, 0.3) is 0 Å². The first-order chi connectivity index (χ1) is 14.2. The predicted molar refractivity (Wildman–Crippen MR) is 121 cm³/mol. The maximum absolute atomic E-state index is 11.9. The standard InChI is InChI=1S/C26H37NO2/c1-3-5-7-9-11-13-22-15-20-25(27-21-22)23-16-18-24(19-17-23)29-26(28)14-12-10-8-6-4-2/h15-21H,3-14H2,1-2H3. The van der Waals surface area contributed by atoms with Crippen LogP contribution in [0.4, 0.5) is 0 Å². The van der Waals surface area contributed by atoms with Crippen LogP contribution in [0.2, 0.25) is 0 Å². The Morgan fingerprint density at radius 2 is 1.45 bits per heavy atom. The van der Waals surface area contributed by atoms with Crippen LogP contribution < -0.4 is 4.74 Å². The molecule has 0 saturated heterocycles. The lowest BCUT2D eigenvalue weighted by Gasteiger charge is -2.07.